The molecule has 1 aliphatic carbocycles. The van der Waals surface area contributed by atoms with Gasteiger partial charge in [-0.15, -0.1) is 0 Å². The molecule has 0 saturated carbocycles. The Labute approximate surface area is 143 Å². The zero-order valence-electron chi connectivity index (χ0n) is 14.6. The minimum absolute atomic E-state index is 0.0947. The maximum Gasteiger partial charge on any atom is 0.223 e. The quantitative estimate of drug-likeness (QED) is 0.854. The third-order valence-electron chi connectivity index (χ3n) is 5.29. The molecule has 0 unspecified atom stereocenters. The Balaban J connectivity index is 1.63. The van der Waals surface area contributed by atoms with Gasteiger partial charge < -0.3 is 14.5 Å². The number of carbonyl (C=O) groups is 2. The van der Waals surface area contributed by atoms with Crippen molar-refractivity contribution in [2.75, 3.05) is 33.3 Å². The van der Waals surface area contributed by atoms with E-state index in [1.54, 1.807) is 14.0 Å². The summed E-state index contributed by atoms with van der Waals surface area (Å²) < 4.78 is 5.31. The van der Waals surface area contributed by atoms with E-state index in [1.807, 2.05) is 15.9 Å². The average Bonchev–Trinajstić information content (AvgIpc) is 2.61. The highest BCUT2D eigenvalue weighted by Gasteiger charge is 2.27. The lowest BCUT2D eigenvalue weighted by Crippen LogP contribution is -2.50. The summed E-state index contributed by atoms with van der Waals surface area (Å²) in [7, 11) is 1.69. The number of nitrogens with zero attached hydrogens (tertiary/aromatic N) is 2. The van der Waals surface area contributed by atoms with E-state index in [0.717, 1.165) is 25.0 Å². The number of benzene rings is 1. The number of methoxy groups -OCH3 is 1. The molecule has 1 atom stereocenters. The van der Waals surface area contributed by atoms with Crippen LogP contribution in [0.25, 0.3) is 0 Å². The molecule has 24 heavy (non-hydrogen) atoms. The van der Waals surface area contributed by atoms with Crippen LogP contribution in [0, 0.1) is 0 Å². The number of hydrogen-bond acceptors (Lipinski definition) is 3. The monoisotopic (exact) mass is 330 g/mol. The predicted molar refractivity (Wildman–Crippen MR) is 92.1 cm³/mol. The summed E-state index contributed by atoms with van der Waals surface area (Å²) >= 11 is 0. The van der Waals surface area contributed by atoms with E-state index < -0.39 is 0 Å². The molecular formula is C19H26N2O3. The van der Waals surface area contributed by atoms with E-state index in [9.17, 15) is 9.59 Å². The Kier molecular flexibility index (Phi) is 5.07. The van der Waals surface area contributed by atoms with E-state index in [1.165, 1.54) is 11.1 Å². The van der Waals surface area contributed by atoms with Crippen molar-refractivity contribution in [2.45, 2.75) is 38.5 Å². The fourth-order valence-corrected chi connectivity index (χ4v) is 3.84. The van der Waals surface area contributed by atoms with Crippen LogP contribution < -0.4 is 4.74 Å². The number of carbonyl (C=O) groups excluding carboxylic acids is 2. The van der Waals surface area contributed by atoms with Crippen molar-refractivity contribution >= 4 is 11.8 Å². The highest BCUT2D eigenvalue weighted by atomic mass is 16.5. The molecule has 0 aromatic heterocycles. The maximum atomic E-state index is 12.7. The first kappa shape index (κ1) is 16.8. The first-order valence-electron chi connectivity index (χ1n) is 8.78. The van der Waals surface area contributed by atoms with E-state index in [-0.39, 0.29) is 11.8 Å². The van der Waals surface area contributed by atoms with Crippen molar-refractivity contribution in [3.05, 3.63) is 29.3 Å². The minimum atomic E-state index is 0.0947. The van der Waals surface area contributed by atoms with Gasteiger partial charge in [0.25, 0.3) is 0 Å². The molecule has 1 aliphatic heterocycles. The lowest BCUT2D eigenvalue weighted by molar-refractivity contribution is -0.138. The van der Waals surface area contributed by atoms with Gasteiger partial charge in [-0.25, -0.2) is 0 Å². The van der Waals surface area contributed by atoms with Crippen LogP contribution in [0.1, 0.15) is 43.2 Å². The largest absolute Gasteiger partial charge is 0.497 e. The summed E-state index contributed by atoms with van der Waals surface area (Å²) in [6.45, 7) is 4.20. The van der Waals surface area contributed by atoms with Gasteiger partial charge in [0, 0.05) is 39.5 Å². The van der Waals surface area contributed by atoms with Gasteiger partial charge in [0.1, 0.15) is 5.75 Å². The summed E-state index contributed by atoms with van der Waals surface area (Å²) in [6, 6.07) is 6.23. The molecule has 0 bridgehead atoms. The van der Waals surface area contributed by atoms with Crippen LogP contribution in [0.15, 0.2) is 18.2 Å². The molecule has 1 heterocycles. The van der Waals surface area contributed by atoms with E-state index in [0.29, 0.717) is 38.5 Å². The van der Waals surface area contributed by atoms with Crippen molar-refractivity contribution in [2.24, 2.45) is 0 Å². The smallest absolute Gasteiger partial charge is 0.223 e. The molecule has 3 rings (SSSR count). The third kappa shape index (κ3) is 3.55. The van der Waals surface area contributed by atoms with Gasteiger partial charge in [0.2, 0.25) is 11.8 Å². The van der Waals surface area contributed by atoms with E-state index in [4.69, 9.17) is 4.74 Å². The van der Waals surface area contributed by atoms with Gasteiger partial charge in [-0.05, 0) is 48.4 Å². The second-order valence-corrected chi connectivity index (χ2v) is 6.74. The molecule has 5 nitrogen and oxygen atoms in total. The van der Waals surface area contributed by atoms with Crippen LogP contribution in [0.5, 0.6) is 5.75 Å². The van der Waals surface area contributed by atoms with Gasteiger partial charge in [0.15, 0.2) is 0 Å². The van der Waals surface area contributed by atoms with Crippen LogP contribution in [-0.2, 0) is 16.0 Å². The van der Waals surface area contributed by atoms with Gasteiger partial charge in [-0.1, -0.05) is 6.07 Å². The van der Waals surface area contributed by atoms with Crippen molar-refractivity contribution in [1.82, 2.24) is 9.80 Å². The first-order chi connectivity index (χ1) is 11.6. The number of ether oxygens (including phenoxy) is 1. The van der Waals surface area contributed by atoms with Gasteiger partial charge in [-0.3, -0.25) is 9.59 Å². The summed E-state index contributed by atoms with van der Waals surface area (Å²) in [5.41, 5.74) is 2.62. The Morgan fingerprint density at radius 1 is 1.17 bits per heavy atom. The van der Waals surface area contributed by atoms with Crippen molar-refractivity contribution in [3.8, 4) is 5.75 Å². The molecule has 1 fully saturated rings. The Hall–Kier alpha value is -2.04. The van der Waals surface area contributed by atoms with Gasteiger partial charge >= 0.3 is 0 Å². The second kappa shape index (κ2) is 7.24. The standard InChI is InChI=1S/C19H26N2O3/c1-14(22)20-8-10-21(11-9-20)19(23)13-16-5-3-4-15-12-17(24-2)6-7-18(15)16/h6-7,12,16H,3-5,8-11,13H2,1-2H3/t16-/m0/s1. The Bertz CT molecular complexity index is 621. The summed E-state index contributed by atoms with van der Waals surface area (Å²) in [5, 5.41) is 0. The number of aryl methyl sites for hydroxylation is 1. The number of piperazine rings is 1. The van der Waals surface area contributed by atoms with Gasteiger partial charge in [-0.2, -0.15) is 0 Å². The van der Waals surface area contributed by atoms with E-state index >= 15 is 0 Å². The molecular weight excluding hydrogens is 304 g/mol. The van der Waals surface area contributed by atoms with Crippen LogP contribution in [0.4, 0.5) is 0 Å². The number of hydrogen-bond donors (Lipinski definition) is 0. The van der Waals surface area contributed by atoms with Crippen molar-refractivity contribution in [3.63, 3.8) is 0 Å². The van der Waals surface area contributed by atoms with E-state index in [2.05, 4.69) is 12.1 Å². The van der Waals surface area contributed by atoms with Gasteiger partial charge in [0.05, 0.1) is 7.11 Å². The summed E-state index contributed by atoms with van der Waals surface area (Å²) in [5.74, 6) is 1.50. The molecule has 130 valence electrons. The SMILES string of the molecule is COc1ccc2c(c1)CCC[C@H]2CC(=O)N1CCN(C(C)=O)CC1. The van der Waals surface area contributed by atoms with Crippen molar-refractivity contribution in [1.29, 1.82) is 0 Å². The number of fused-ring (bicyclic) bond motifs is 1. The molecule has 0 spiro atoms. The molecule has 5 heteroatoms. The predicted octanol–water partition coefficient (Wildman–Crippen LogP) is 2.20. The zero-order valence-corrected chi connectivity index (χ0v) is 14.6. The summed E-state index contributed by atoms with van der Waals surface area (Å²) in [4.78, 5) is 27.8. The van der Waals surface area contributed by atoms with Crippen LogP contribution >= 0.6 is 0 Å². The highest BCUT2D eigenvalue weighted by Crippen LogP contribution is 2.36. The van der Waals surface area contributed by atoms with Crippen LogP contribution in [0.3, 0.4) is 0 Å². The highest BCUT2D eigenvalue weighted by molar-refractivity contribution is 5.78. The third-order valence-corrected chi connectivity index (χ3v) is 5.29. The fourth-order valence-electron chi connectivity index (χ4n) is 3.84. The Morgan fingerprint density at radius 3 is 2.54 bits per heavy atom. The zero-order chi connectivity index (χ0) is 17.1. The number of rotatable bonds is 3. The molecule has 0 N–H and O–H groups in total. The average molecular weight is 330 g/mol. The van der Waals surface area contributed by atoms with Crippen molar-refractivity contribution < 1.29 is 14.3 Å². The lowest BCUT2D eigenvalue weighted by Gasteiger charge is -2.35. The minimum Gasteiger partial charge on any atom is -0.497 e. The number of amides is 2. The molecule has 0 radical (unpaired) electrons. The second-order valence-electron chi connectivity index (χ2n) is 6.74. The Morgan fingerprint density at radius 2 is 1.88 bits per heavy atom. The lowest BCUT2D eigenvalue weighted by atomic mass is 9.80. The topological polar surface area (TPSA) is 49.9 Å². The maximum absolute atomic E-state index is 12.7. The molecule has 1 aromatic rings. The summed E-state index contributed by atoms with van der Waals surface area (Å²) in [6.07, 6.45) is 3.82. The molecule has 1 saturated heterocycles. The van der Waals surface area contributed by atoms with Crippen LogP contribution in [-0.4, -0.2) is 54.9 Å². The van der Waals surface area contributed by atoms with Crippen LogP contribution in [0.2, 0.25) is 0 Å². The molecule has 1 aromatic carbocycles. The fraction of sp³-hybridized carbons (Fsp3) is 0.579. The first-order valence-corrected chi connectivity index (χ1v) is 8.78. The molecule has 2 amide bonds. The normalized spacial score (nSPS) is 20.5. The molecule has 2 aliphatic rings.